The Kier molecular flexibility index (Phi) is 9.44. The molecule has 0 aliphatic rings. The van der Waals surface area contributed by atoms with Crippen LogP contribution in [0, 0.1) is 0 Å². The standard InChI is InChI=1S/C30H53N3O2Si2/c1-27(2,3)32(34-36-29(7,8)9)25-19-15-23(16-20-25)31-24-17-21-26(22-18-24)33(28(4,5)6)35-37(13,14)30(10,11)12/h15-22,31H,36H2,1-14H3. The van der Waals surface area contributed by atoms with Gasteiger partial charge in [0.2, 0.25) is 18.1 Å². The van der Waals surface area contributed by atoms with E-state index >= 15 is 0 Å². The highest BCUT2D eigenvalue weighted by Gasteiger charge is 2.42. The van der Waals surface area contributed by atoms with Gasteiger partial charge in [-0.25, -0.2) is 0 Å². The molecule has 0 bridgehead atoms. The molecule has 0 spiro atoms. The molecular weight excluding hydrogens is 491 g/mol. The minimum atomic E-state index is -1.98. The Bertz CT molecular complexity index is 994. The Balaban J connectivity index is 2.19. The van der Waals surface area contributed by atoms with Crippen LogP contribution >= 0.6 is 0 Å². The number of nitrogens with zero attached hydrogens (tertiary/aromatic N) is 2. The molecule has 0 aliphatic carbocycles. The van der Waals surface area contributed by atoms with E-state index in [1.54, 1.807) is 0 Å². The Labute approximate surface area is 230 Å². The third-order valence-electron chi connectivity index (χ3n) is 6.46. The molecule has 0 atom stereocenters. The van der Waals surface area contributed by atoms with Gasteiger partial charge in [0.15, 0.2) is 0 Å². The van der Waals surface area contributed by atoms with Gasteiger partial charge in [-0.1, -0.05) is 41.5 Å². The van der Waals surface area contributed by atoms with Crippen LogP contribution in [-0.4, -0.2) is 29.2 Å². The Morgan fingerprint density at radius 3 is 1.32 bits per heavy atom. The zero-order valence-electron chi connectivity index (χ0n) is 26.0. The summed E-state index contributed by atoms with van der Waals surface area (Å²) in [5.41, 5.74) is 3.96. The van der Waals surface area contributed by atoms with Crippen LogP contribution in [-0.2, 0) is 9.05 Å². The lowest BCUT2D eigenvalue weighted by molar-refractivity contribution is 0.185. The van der Waals surface area contributed by atoms with E-state index in [1.807, 2.05) is 0 Å². The first kappa shape index (κ1) is 31.4. The maximum absolute atomic E-state index is 6.75. The molecule has 208 valence electrons. The van der Waals surface area contributed by atoms with Gasteiger partial charge in [-0.3, -0.25) is 10.1 Å². The molecule has 0 saturated carbocycles. The molecule has 37 heavy (non-hydrogen) atoms. The SMILES string of the molecule is CC(C)(C)[SiH2]ON(c1ccc(Nc2ccc(N(O[Si](C)(C)C(C)(C)C)C(C)(C)C)cc2)cc1)C(C)(C)C. The number of rotatable bonds is 8. The maximum atomic E-state index is 6.75. The van der Waals surface area contributed by atoms with Crippen LogP contribution in [0.1, 0.15) is 83.1 Å². The summed E-state index contributed by atoms with van der Waals surface area (Å²) in [6.07, 6.45) is 0. The number of hydrogen-bond acceptors (Lipinski definition) is 5. The molecule has 0 amide bonds. The fourth-order valence-electron chi connectivity index (χ4n) is 3.38. The molecular formula is C30H53N3O2Si2. The lowest BCUT2D eigenvalue weighted by Gasteiger charge is -2.45. The highest BCUT2D eigenvalue weighted by Crippen LogP contribution is 2.40. The third kappa shape index (κ3) is 9.16. The van der Waals surface area contributed by atoms with Crippen LogP contribution in [0.2, 0.25) is 23.2 Å². The molecule has 2 aromatic carbocycles. The van der Waals surface area contributed by atoms with Crippen molar-refractivity contribution in [1.82, 2.24) is 0 Å². The Morgan fingerprint density at radius 2 is 1.00 bits per heavy atom. The lowest BCUT2D eigenvalue weighted by atomic mass is 10.1. The van der Waals surface area contributed by atoms with Crippen molar-refractivity contribution in [2.24, 2.45) is 0 Å². The van der Waals surface area contributed by atoms with Gasteiger partial charge in [0.05, 0.1) is 22.5 Å². The average molecular weight is 544 g/mol. The number of anilines is 4. The van der Waals surface area contributed by atoms with Crippen molar-refractivity contribution in [3.63, 3.8) is 0 Å². The second kappa shape index (κ2) is 11.1. The maximum Gasteiger partial charge on any atom is 0.228 e. The van der Waals surface area contributed by atoms with Gasteiger partial charge in [-0.05, 0) is 113 Å². The van der Waals surface area contributed by atoms with Gasteiger partial charge in [-0.15, -0.1) is 0 Å². The van der Waals surface area contributed by atoms with E-state index in [0.717, 1.165) is 22.7 Å². The van der Waals surface area contributed by atoms with Crippen LogP contribution in [0.3, 0.4) is 0 Å². The summed E-state index contributed by atoms with van der Waals surface area (Å²) >= 11 is 0. The van der Waals surface area contributed by atoms with E-state index < -0.39 is 18.1 Å². The second-order valence-corrected chi connectivity index (χ2v) is 22.2. The summed E-state index contributed by atoms with van der Waals surface area (Å²) in [4.78, 5) is 0. The highest BCUT2D eigenvalue weighted by atomic mass is 28.4. The van der Waals surface area contributed by atoms with Crippen molar-refractivity contribution in [1.29, 1.82) is 0 Å². The quantitative estimate of drug-likeness (QED) is 0.266. The Hall–Kier alpha value is -1.81. The minimum Gasteiger partial charge on any atom is -0.356 e. The minimum absolute atomic E-state index is 0.117. The molecule has 0 saturated heterocycles. The van der Waals surface area contributed by atoms with Crippen LogP contribution < -0.4 is 15.4 Å². The highest BCUT2D eigenvalue weighted by molar-refractivity contribution is 6.74. The molecule has 1 N–H and O–H groups in total. The summed E-state index contributed by atoms with van der Waals surface area (Å²) in [5.74, 6) is 0. The van der Waals surface area contributed by atoms with E-state index in [2.05, 4.69) is 160 Å². The Morgan fingerprint density at radius 1 is 0.622 bits per heavy atom. The number of benzene rings is 2. The van der Waals surface area contributed by atoms with Crippen LogP contribution in [0.5, 0.6) is 0 Å². The molecule has 7 heteroatoms. The molecule has 2 rings (SSSR count). The zero-order chi connectivity index (χ0) is 28.4. The zero-order valence-corrected chi connectivity index (χ0v) is 28.5. The third-order valence-corrected chi connectivity index (χ3v) is 12.0. The summed E-state index contributed by atoms with van der Waals surface area (Å²) in [6, 6.07) is 17.0. The smallest absolute Gasteiger partial charge is 0.228 e. The lowest BCUT2D eigenvalue weighted by Crippen LogP contribution is -2.52. The number of hydrogen-bond donors (Lipinski definition) is 1. The normalized spacial score (nSPS) is 13.8. The van der Waals surface area contributed by atoms with Gasteiger partial charge in [0.25, 0.3) is 0 Å². The van der Waals surface area contributed by atoms with E-state index in [1.165, 1.54) is 0 Å². The van der Waals surface area contributed by atoms with Crippen molar-refractivity contribution in [2.45, 2.75) is 117 Å². The molecule has 0 aliphatic heterocycles. The second-order valence-electron chi connectivity index (χ2n) is 14.8. The number of nitrogens with one attached hydrogen (secondary N) is 1. The predicted molar refractivity (Wildman–Crippen MR) is 168 cm³/mol. The monoisotopic (exact) mass is 543 g/mol. The number of hydroxylamine groups is 2. The molecule has 0 fully saturated rings. The van der Waals surface area contributed by atoms with Gasteiger partial charge < -0.3 is 14.4 Å². The topological polar surface area (TPSA) is 37.0 Å². The van der Waals surface area contributed by atoms with Gasteiger partial charge in [-0.2, -0.15) is 0 Å². The van der Waals surface area contributed by atoms with Crippen molar-refractivity contribution >= 4 is 40.8 Å². The fourth-order valence-corrected chi connectivity index (χ4v) is 5.55. The largest absolute Gasteiger partial charge is 0.356 e. The van der Waals surface area contributed by atoms with Crippen molar-refractivity contribution < 1.29 is 9.05 Å². The van der Waals surface area contributed by atoms with Gasteiger partial charge in [0.1, 0.15) is 0 Å². The average Bonchev–Trinajstić information content (AvgIpc) is 2.71. The molecule has 0 unspecified atom stereocenters. The molecule has 0 aromatic heterocycles. The summed E-state index contributed by atoms with van der Waals surface area (Å²) in [6.45, 7) is 31.3. The first-order valence-corrected chi connectivity index (χ1v) is 17.7. The van der Waals surface area contributed by atoms with Crippen molar-refractivity contribution in [3.05, 3.63) is 48.5 Å². The molecule has 5 nitrogen and oxygen atoms in total. The first-order valence-electron chi connectivity index (χ1n) is 13.5. The van der Waals surface area contributed by atoms with E-state index in [9.17, 15) is 0 Å². The van der Waals surface area contributed by atoms with Crippen molar-refractivity contribution in [2.75, 3.05) is 15.4 Å². The summed E-state index contributed by atoms with van der Waals surface area (Å²) in [7, 11) is -2.70. The summed E-state index contributed by atoms with van der Waals surface area (Å²) in [5, 5.41) is 8.08. The van der Waals surface area contributed by atoms with E-state index in [4.69, 9.17) is 9.05 Å². The summed E-state index contributed by atoms with van der Waals surface area (Å²) < 4.78 is 13.1. The van der Waals surface area contributed by atoms with Crippen LogP contribution in [0.15, 0.2) is 48.5 Å². The molecule has 0 radical (unpaired) electrons. The van der Waals surface area contributed by atoms with Crippen LogP contribution in [0.25, 0.3) is 0 Å². The predicted octanol–water partition coefficient (Wildman–Crippen LogP) is 8.81. The molecule has 2 aromatic rings. The fraction of sp³-hybridized carbons (Fsp3) is 0.600. The van der Waals surface area contributed by atoms with E-state index in [0.29, 0.717) is 0 Å². The molecule has 0 heterocycles. The van der Waals surface area contributed by atoms with Gasteiger partial charge in [0, 0.05) is 11.4 Å². The van der Waals surface area contributed by atoms with E-state index in [-0.39, 0.29) is 21.2 Å². The van der Waals surface area contributed by atoms with Crippen molar-refractivity contribution in [3.8, 4) is 0 Å². The first-order chi connectivity index (χ1) is 16.6. The van der Waals surface area contributed by atoms with Gasteiger partial charge >= 0.3 is 0 Å². The van der Waals surface area contributed by atoms with Crippen LogP contribution in [0.4, 0.5) is 22.7 Å².